The fourth-order valence-electron chi connectivity index (χ4n) is 4.18. The number of pyridine rings is 1. The van der Waals surface area contributed by atoms with E-state index in [9.17, 15) is 27.9 Å². The van der Waals surface area contributed by atoms with Gasteiger partial charge in [0.25, 0.3) is 5.56 Å². The molecule has 11 heteroatoms. The number of benzene rings is 1. The van der Waals surface area contributed by atoms with Crippen LogP contribution in [0.2, 0.25) is 5.02 Å². The highest BCUT2D eigenvalue weighted by molar-refractivity contribution is 6.30. The molecule has 1 aliphatic rings. The third-order valence-electron chi connectivity index (χ3n) is 6.28. The molecule has 186 valence electrons. The number of aromatic nitrogens is 2. The minimum Gasteiger partial charge on any atom is -0.478 e. The van der Waals surface area contributed by atoms with Crippen LogP contribution in [0.4, 0.5) is 24.7 Å². The van der Waals surface area contributed by atoms with Crippen molar-refractivity contribution in [1.29, 1.82) is 0 Å². The summed E-state index contributed by atoms with van der Waals surface area (Å²) < 4.78 is 44.0. The van der Waals surface area contributed by atoms with E-state index in [-0.39, 0.29) is 32.9 Å². The number of anilines is 2. The summed E-state index contributed by atoms with van der Waals surface area (Å²) in [6, 6.07) is 5.31. The van der Waals surface area contributed by atoms with E-state index in [1.807, 2.05) is 4.90 Å². The minimum absolute atomic E-state index is 0.0913. The number of fused-ring (bicyclic) bond motifs is 1. The average molecular weight is 509 g/mol. The van der Waals surface area contributed by atoms with Crippen LogP contribution < -0.4 is 15.8 Å². The first-order chi connectivity index (χ1) is 16.4. The summed E-state index contributed by atoms with van der Waals surface area (Å²) in [6.07, 6.45) is -1.95. The first kappa shape index (κ1) is 24.8. The Bertz CT molecular complexity index is 1330. The molecule has 0 radical (unpaired) electrons. The predicted molar refractivity (Wildman–Crippen MR) is 128 cm³/mol. The molecule has 0 saturated carbocycles. The number of piperidine rings is 1. The molecule has 1 aliphatic heterocycles. The van der Waals surface area contributed by atoms with E-state index in [1.54, 1.807) is 0 Å². The highest BCUT2D eigenvalue weighted by Crippen LogP contribution is 2.39. The lowest BCUT2D eigenvalue weighted by Gasteiger charge is -2.37. The molecule has 2 N–H and O–H groups in total. The average Bonchev–Trinajstić information content (AvgIpc) is 2.77. The van der Waals surface area contributed by atoms with Crippen LogP contribution in [-0.2, 0) is 0 Å². The monoisotopic (exact) mass is 508 g/mol. The van der Waals surface area contributed by atoms with E-state index < -0.39 is 23.7 Å². The van der Waals surface area contributed by atoms with Crippen molar-refractivity contribution in [3.8, 4) is 0 Å². The zero-order valence-corrected chi connectivity index (χ0v) is 19.8. The van der Waals surface area contributed by atoms with Crippen LogP contribution >= 0.6 is 11.6 Å². The Morgan fingerprint density at radius 3 is 2.49 bits per heavy atom. The lowest BCUT2D eigenvalue weighted by molar-refractivity contribution is -0.143. The number of para-hydroxylation sites is 1. The van der Waals surface area contributed by atoms with E-state index in [0.29, 0.717) is 18.9 Å². The van der Waals surface area contributed by atoms with Gasteiger partial charge >= 0.3 is 12.1 Å². The molecule has 1 fully saturated rings. The molecule has 0 bridgehead atoms. The van der Waals surface area contributed by atoms with Gasteiger partial charge < -0.3 is 15.3 Å². The number of nitrogens with zero attached hydrogens (tertiary/aromatic N) is 3. The fraction of sp³-hybridized carbons (Fsp3) is 0.375. The van der Waals surface area contributed by atoms with Crippen molar-refractivity contribution in [2.45, 2.75) is 38.9 Å². The molecule has 0 amide bonds. The van der Waals surface area contributed by atoms with Gasteiger partial charge in [-0.3, -0.25) is 9.20 Å². The maximum Gasteiger partial charge on any atom is 0.412 e. The van der Waals surface area contributed by atoms with Gasteiger partial charge in [0, 0.05) is 36.6 Å². The Kier molecular flexibility index (Phi) is 6.44. The van der Waals surface area contributed by atoms with Crippen LogP contribution in [0.15, 0.2) is 47.4 Å². The summed E-state index contributed by atoms with van der Waals surface area (Å²) in [6.45, 7) is 5.51. The molecule has 1 saturated heterocycles. The third kappa shape index (κ3) is 5.22. The first-order valence-corrected chi connectivity index (χ1v) is 11.4. The molecule has 3 heterocycles. The highest BCUT2D eigenvalue weighted by atomic mass is 35.5. The molecule has 35 heavy (non-hydrogen) atoms. The van der Waals surface area contributed by atoms with Gasteiger partial charge in [-0.2, -0.15) is 13.2 Å². The second-order valence-electron chi connectivity index (χ2n) is 9.38. The molecule has 3 aromatic rings. The molecular weight excluding hydrogens is 485 g/mol. The topological polar surface area (TPSA) is 86.9 Å². The maximum atomic E-state index is 14.3. The Morgan fingerprint density at radius 1 is 1.20 bits per heavy atom. The van der Waals surface area contributed by atoms with Gasteiger partial charge in [-0.15, -0.1) is 0 Å². The first-order valence-electron chi connectivity index (χ1n) is 11.0. The van der Waals surface area contributed by atoms with E-state index in [4.69, 9.17) is 11.6 Å². The van der Waals surface area contributed by atoms with Crippen molar-refractivity contribution in [3.63, 3.8) is 0 Å². The molecule has 2 aromatic heterocycles. The quantitative estimate of drug-likeness (QED) is 0.480. The molecular formula is C24H24ClF3N4O3. The van der Waals surface area contributed by atoms with E-state index in [1.165, 1.54) is 36.5 Å². The van der Waals surface area contributed by atoms with Crippen molar-refractivity contribution >= 4 is 34.7 Å². The van der Waals surface area contributed by atoms with Crippen LogP contribution in [0.3, 0.4) is 0 Å². The van der Waals surface area contributed by atoms with Crippen LogP contribution in [0, 0.1) is 5.41 Å². The number of carboxylic acids is 1. The van der Waals surface area contributed by atoms with E-state index >= 15 is 0 Å². The second-order valence-corrected chi connectivity index (χ2v) is 9.82. The smallest absolute Gasteiger partial charge is 0.412 e. The second kappa shape index (κ2) is 9.07. The largest absolute Gasteiger partial charge is 0.478 e. The SMILES string of the molecule is CC1(C)CCN(c2cc(=O)n3cc(Cl)cc([C@H](Nc4ccccc4C(=O)O)C(F)(F)F)c3n2)CC1. The normalized spacial score (nSPS) is 16.8. The van der Waals surface area contributed by atoms with Crippen molar-refractivity contribution in [1.82, 2.24) is 9.38 Å². The third-order valence-corrected chi connectivity index (χ3v) is 6.49. The molecule has 4 rings (SSSR count). The van der Waals surface area contributed by atoms with Crippen LogP contribution in [0.25, 0.3) is 5.65 Å². The van der Waals surface area contributed by atoms with Gasteiger partial charge in [0.1, 0.15) is 11.5 Å². The fourth-order valence-corrected chi connectivity index (χ4v) is 4.40. The summed E-state index contributed by atoms with van der Waals surface area (Å²) in [5.41, 5.74) is -1.58. The summed E-state index contributed by atoms with van der Waals surface area (Å²) in [7, 11) is 0. The zero-order chi connectivity index (χ0) is 25.5. The van der Waals surface area contributed by atoms with Gasteiger partial charge in [-0.1, -0.05) is 37.6 Å². The number of nitrogens with one attached hydrogen (secondary N) is 1. The number of rotatable bonds is 5. The maximum absolute atomic E-state index is 14.3. The Labute approximate surface area is 204 Å². The minimum atomic E-state index is -4.86. The standard InChI is InChI=1S/C24H24ClF3N4O3/c1-23(2)7-9-31(10-8-23)18-12-19(33)32-13-14(25)11-16(21(32)30-18)20(24(26,27)28)29-17-6-4-3-5-15(17)22(34)35/h3-6,11-13,20,29H,7-10H2,1-2H3,(H,34,35)/t20-/m0/s1. The van der Waals surface area contributed by atoms with Crippen LogP contribution in [-0.4, -0.2) is 39.7 Å². The van der Waals surface area contributed by atoms with Gasteiger partial charge in [0.2, 0.25) is 0 Å². The molecule has 1 aromatic carbocycles. The molecule has 7 nitrogen and oxygen atoms in total. The Hall–Kier alpha value is -3.27. The Balaban J connectivity index is 1.86. The lowest BCUT2D eigenvalue weighted by atomic mass is 9.83. The zero-order valence-electron chi connectivity index (χ0n) is 19.1. The molecule has 0 spiro atoms. The van der Waals surface area contributed by atoms with Crippen molar-refractivity contribution in [3.05, 3.63) is 69.1 Å². The van der Waals surface area contributed by atoms with Crippen molar-refractivity contribution in [2.75, 3.05) is 23.3 Å². The molecule has 0 aliphatic carbocycles. The number of hydrogen-bond donors (Lipinski definition) is 2. The van der Waals surface area contributed by atoms with Gasteiger partial charge in [-0.05, 0) is 36.5 Å². The number of hydrogen-bond acceptors (Lipinski definition) is 5. The van der Waals surface area contributed by atoms with Crippen molar-refractivity contribution in [2.24, 2.45) is 5.41 Å². The van der Waals surface area contributed by atoms with Gasteiger partial charge in [0.05, 0.1) is 10.6 Å². The Morgan fingerprint density at radius 2 is 1.86 bits per heavy atom. The van der Waals surface area contributed by atoms with Crippen LogP contribution in [0.1, 0.15) is 48.7 Å². The number of carbonyl (C=O) groups is 1. The van der Waals surface area contributed by atoms with E-state index in [2.05, 4.69) is 24.1 Å². The molecule has 1 atom stereocenters. The number of alkyl halides is 3. The number of halogens is 4. The predicted octanol–water partition coefficient (Wildman–Crippen LogP) is 5.39. The highest BCUT2D eigenvalue weighted by Gasteiger charge is 2.43. The van der Waals surface area contributed by atoms with Gasteiger partial charge in [0.15, 0.2) is 6.04 Å². The lowest BCUT2D eigenvalue weighted by Crippen LogP contribution is -2.38. The summed E-state index contributed by atoms with van der Waals surface area (Å²) >= 11 is 6.11. The summed E-state index contributed by atoms with van der Waals surface area (Å²) in [5, 5.41) is 11.6. The summed E-state index contributed by atoms with van der Waals surface area (Å²) in [4.78, 5) is 30.8. The van der Waals surface area contributed by atoms with Crippen LogP contribution in [0.5, 0.6) is 0 Å². The molecule has 0 unspecified atom stereocenters. The number of aromatic carboxylic acids is 1. The van der Waals surface area contributed by atoms with Gasteiger partial charge in [-0.25, -0.2) is 9.78 Å². The number of carboxylic acid groups (broad SMARTS) is 1. The van der Waals surface area contributed by atoms with Crippen molar-refractivity contribution < 1.29 is 23.1 Å². The van der Waals surface area contributed by atoms with E-state index in [0.717, 1.165) is 23.3 Å². The summed E-state index contributed by atoms with van der Waals surface area (Å²) in [5.74, 6) is -1.09.